The molecule has 2 saturated carbocycles. The Morgan fingerprint density at radius 3 is 3.12 bits per heavy atom. The molecule has 0 bridgehead atoms. The van der Waals surface area contributed by atoms with Crippen LogP contribution in [0, 0.1) is 28.6 Å². The van der Waals surface area contributed by atoms with Crippen LogP contribution in [0.5, 0.6) is 0 Å². The monoisotopic (exact) mass is 367 g/mol. The maximum atomic E-state index is 12.7. The predicted molar refractivity (Wildman–Crippen MR) is 104 cm³/mol. The van der Waals surface area contributed by atoms with Crippen LogP contribution >= 0.6 is 0 Å². The third kappa shape index (κ3) is 2.17. The molecule has 6 atom stereocenters. The topological polar surface area (TPSA) is 30.0 Å². The first-order valence-corrected chi connectivity index (χ1v) is 8.35. The van der Waals surface area contributed by atoms with Crippen LogP contribution in [0.25, 0.3) is 5.57 Å². The van der Waals surface area contributed by atoms with E-state index >= 15 is 0 Å². The summed E-state index contributed by atoms with van der Waals surface area (Å²) in [6.07, 6.45) is -18.9. The van der Waals surface area contributed by atoms with Crippen molar-refractivity contribution >= 4 is 11.4 Å². The number of hydrogen-bond acceptors (Lipinski definition) is 2. The molecule has 0 spiro atoms. The standard InChI is InChI=1S/C24H29NO/c1-23-11-9-18(26)14-17(23)5-6-19-21-8-7-20(16-4-3-13-25-15-16)24(21,2)12-10-22(19)23/h3-4,7,13-15,19,21-22H,5-6,8-12H2,1-2H3/t19?,21?,22?,23-,24+/m0/s1/i1D3,2D3,3D,4D,5D,6D2,7D,8D2,11D2,12D2,13D,15D/t5?,19?,21?,22?,23-,24+. The molecule has 26 heavy (non-hydrogen) atoms. The number of pyridine rings is 1. The van der Waals surface area contributed by atoms with Crippen LogP contribution in [0.2, 0.25) is 0 Å². The number of carbonyl (C=O) groups excluding carboxylic acids is 1. The lowest BCUT2D eigenvalue weighted by molar-refractivity contribution is -0.117. The summed E-state index contributed by atoms with van der Waals surface area (Å²) in [5.41, 5.74) is -9.07. The Labute approximate surface area is 184 Å². The van der Waals surface area contributed by atoms with E-state index in [9.17, 15) is 7.54 Å². The Kier molecular flexibility index (Phi) is 1.23. The molecule has 4 aliphatic rings. The van der Waals surface area contributed by atoms with Gasteiger partial charge in [0.05, 0.1) is 6.85 Å². The maximum absolute atomic E-state index is 12.7. The number of hydrogen-bond donors (Lipinski definition) is 0. The summed E-state index contributed by atoms with van der Waals surface area (Å²) < 4.78 is 175. The van der Waals surface area contributed by atoms with E-state index in [1.54, 1.807) is 0 Å². The van der Waals surface area contributed by atoms with Crippen LogP contribution < -0.4 is 0 Å². The molecule has 136 valence electrons. The average molecular weight is 368 g/mol. The van der Waals surface area contributed by atoms with Gasteiger partial charge in [-0.25, -0.2) is 0 Å². The van der Waals surface area contributed by atoms with Crippen LogP contribution in [0.15, 0.2) is 42.1 Å². The molecular weight excluding hydrogens is 318 g/mol. The highest BCUT2D eigenvalue weighted by Crippen LogP contribution is 2.66. The van der Waals surface area contributed by atoms with Crippen molar-refractivity contribution < 1.29 is 32.2 Å². The lowest BCUT2D eigenvalue weighted by Gasteiger charge is -2.57. The summed E-state index contributed by atoms with van der Waals surface area (Å²) in [7, 11) is 0. The Morgan fingerprint density at radius 2 is 2.23 bits per heavy atom. The minimum atomic E-state index is -3.73. The summed E-state index contributed by atoms with van der Waals surface area (Å²) in [6, 6.07) is -3.26. The molecule has 0 N–H and O–H groups in total. The molecule has 1 heterocycles. The van der Waals surface area contributed by atoms with E-state index in [0.29, 0.717) is 6.08 Å². The van der Waals surface area contributed by atoms with Crippen molar-refractivity contribution in [2.24, 2.45) is 28.6 Å². The molecule has 0 saturated heterocycles. The predicted octanol–water partition coefficient (Wildman–Crippen LogP) is 5.61. The minimum absolute atomic E-state index is 0.673. The highest BCUT2D eigenvalue weighted by Gasteiger charge is 2.57. The van der Waals surface area contributed by atoms with Crippen molar-refractivity contribution in [3.05, 3.63) is 47.7 Å². The van der Waals surface area contributed by atoms with Gasteiger partial charge in [-0.3, -0.25) is 9.78 Å². The fraction of sp³-hybridized carbons (Fsp3) is 0.583. The van der Waals surface area contributed by atoms with Gasteiger partial charge in [0, 0.05) is 39.3 Å². The Balaban J connectivity index is 1.99. The molecule has 4 aliphatic carbocycles. The van der Waals surface area contributed by atoms with E-state index in [0.717, 1.165) is 0 Å². The first-order valence-electron chi connectivity index (χ1n) is 18.4. The van der Waals surface area contributed by atoms with Crippen molar-refractivity contribution in [2.75, 3.05) is 0 Å². The van der Waals surface area contributed by atoms with Gasteiger partial charge >= 0.3 is 0 Å². The van der Waals surface area contributed by atoms with Gasteiger partial charge < -0.3 is 0 Å². The number of rotatable bonds is 1. The van der Waals surface area contributed by atoms with Gasteiger partial charge in [-0.2, -0.15) is 0 Å². The average Bonchev–Trinajstić information content (AvgIpc) is 3.03. The number of carbonyl (C=O) groups is 1. The second-order valence-corrected chi connectivity index (χ2v) is 6.94. The molecule has 0 amide bonds. The summed E-state index contributed by atoms with van der Waals surface area (Å²) in [6.45, 7) is -7.23. The SMILES string of the molecule is [2H]C1=C(c2c([2H])nc([2H])c([2H])c2[2H])[C@]2(C([2H])([2H])[2H])C(C3C(CC2([2H])[2H])[C@]2(C([2H])([2H])[2H])C(=CC(=O)CC2([2H])[2H])C([2H])C3([2H])[2H])C1([2H])[2H]. The van der Waals surface area contributed by atoms with Gasteiger partial charge in [0.15, 0.2) is 5.78 Å². The summed E-state index contributed by atoms with van der Waals surface area (Å²) >= 11 is 0. The number of fused-ring (bicyclic) bond motifs is 5. The van der Waals surface area contributed by atoms with E-state index in [1.165, 1.54) is 0 Å². The molecule has 1 aromatic heterocycles. The quantitative estimate of drug-likeness (QED) is 0.646. The summed E-state index contributed by atoms with van der Waals surface area (Å²) in [5.74, 6) is -7.87. The van der Waals surface area contributed by atoms with Crippen LogP contribution in [0.4, 0.5) is 0 Å². The van der Waals surface area contributed by atoms with E-state index in [1.807, 2.05) is 0 Å². The molecule has 4 unspecified atom stereocenters. The van der Waals surface area contributed by atoms with Gasteiger partial charge in [0.1, 0.15) is 0 Å². The smallest absolute Gasteiger partial charge is 0.155 e. The normalized spacial score (nSPS) is 64.8. The largest absolute Gasteiger partial charge is 0.295 e. The second-order valence-electron chi connectivity index (χ2n) is 6.94. The third-order valence-electron chi connectivity index (χ3n) is 5.62. The molecule has 2 heteroatoms. The van der Waals surface area contributed by atoms with Gasteiger partial charge in [0.25, 0.3) is 0 Å². The van der Waals surface area contributed by atoms with Crippen molar-refractivity contribution in [1.82, 2.24) is 4.98 Å². The zero-order chi connectivity index (χ0) is 35.3. The fourth-order valence-corrected chi connectivity index (χ4v) is 4.30. The second kappa shape index (κ2) is 5.65. The van der Waals surface area contributed by atoms with Crippen molar-refractivity contribution in [1.29, 1.82) is 0 Å². The minimum Gasteiger partial charge on any atom is -0.295 e. The van der Waals surface area contributed by atoms with E-state index in [-0.39, 0.29) is 0 Å². The molecule has 2 fully saturated rings. The van der Waals surface area contributed by atoms with E-state index in [4.69, 9.17) is 24.7 Å². The highest BCUT2D eigenvalue weighted by molar-refractivity contribution is 5.91. The van der Waals surface area contributed by atoms with Gasteiger partial charge in [-0.05, 0) is 90.1 Å². The van der Waals surface area contributed by atoms with E-state index < -0.39 is 140 Å². The number of allylic oxidation sites excluding steroid dienone is 4. The first kappa shape index (κ1) is 5.65. The highest BCUT2D eigenvalue weighted by atomic mass is 16.1. The molecule has 0 aromatic carbocycles. The molecule has 0 aliphatic heterocycles. The Bertz CT molecular complexity index is 1600. The fourth-order valence-electron chi connectivity index (χ4n) is 4.30. The molecule has 2 nitrogen and oxygen atoms in total. The Morgan fingerprint density at radius 1 is 1.31 bits per heavy atom. The molecule has 5 rings (SSSR count). The van der Waals surface area contributed by atoms with Gasteiger partial charge in [-0.15, -0.1) is 0 Å². The molecular formula is C24H29NO. The molecule has 0 radical (unpaired) electrons. The lowest BCUT2D eigenvalue weighted by Crippen LogP contribution is -2.49. The number of nitrogens with zero attached hydrogens (tertiary/aromatic N) is 1. The zero-order valence-electron chi connectivity index (χ0n) is 33.7. The van der Waals surface area contributed by atoms with E-state index in [2.05, 4.69) is 4.98 Å². The first-order chi connectivity index (χ1) is 20.5. The van der Waals surface area contributed by atoms with Crippen molar-refractivity contribution in [3.8, 4) is 0 Å². The summed E-state index contributed by atoms with van der Waals surface area (Å²) in [5, 5.41) is 0. The lowest BCUT2D eigenvalue weighted by atomic mass is 9.46. The molecule has 1 aromatic rings. The van der Waals surface area contributed by atoms with Crippen LogP contribution in [-0.2, 0) is 4.79 Å². The van der Waals surface area contributed by atoms with Crippen molar-refractivity contribution in [3.63, 3.8) is 0 Å². The van der Waals surface area contributed by atoms with Crippen LogP contribution in [-0.4, -0.2) is 10.8 Å². The van der Waals surface area contributed by atoms with Gasteiger partial charge in [0.2, 0.25) is 0 Å². The van der Waals surface area contributed by atoms with Crippen LogP contribution in [0.3, 0.4) is 0 Å². The Hall–Kier alpha value is -1.70. The number of ketones is 1. The number of aromatic nitrogens is 1. The van der Waals surface area contributed by atoms with Gasteiger partial charge in [-0.1, -0.05) is 31.4 Å². The van der Waals surface area contributed by atoms with Crippen molar-refractivity contribution in [2.45, 2.75) is 58.4 Å². The third-order valence-corrected chi connectivity index (χ3v) is 5.62. The zero-order valence-corrected chi connectivity index (χ0v) is 13.7. The van der Waals surface area contributed by atoms with Crippen LogP contribution in [0.1, 0.15) is 91.4 Å². The maximum Gasteiger partial charge on any atom is 0.155 e. The summed E-state index contributed by atoms with van der Waals surface area (Å²) in [4.78, 5) is 16.2.